The maximum absolute atomic E-state index is 8.12. The second-order valence-corrected chi connectivity index (χ2v) is 3.38. The number of azide groups is 1. The van der Waals surface area contributed by atoms with Gasteiger partial charge >= 0.3 is 0 Å². The Morgan fingerprint density at radius 1 is 1.29 bits per heavy atom. The third kappa shape index (κ3) is 3.02. The Morgan fingerprint density at radius 3 is 2.88 bits per heavy atom. The molecule has 7 heteroatoms. The molecule has 0 saturated heterocycles. The lowest BCUT2D eigenvalue weighted by Crippen LogP contribution is -2.03. The molecule has 0 unspecified atom stereocenters. The molecule has 7 nitrogen and oxygen atoms in total. The van der Waals surface area contributed by atoms with Crippen LogP contribution in [0.25, 0.3) is 21.8 Å². The summed E-state index contributed by atoms with van der Waals surface area (Å²) in [7, 11) is 0. The Kier molecular flexibility index (Phi) is 3.67. The van der Waals surface area contributed by atoms with E-state index in [9.17, 15) is 0 Å². The number of aryl methyl sites for hydroxylation is 1. The first-order valence-electron chi connectivity index (χ1n) is 5.24. The quantitative estimate of drug-likeness (QED) is 0.340. The Labute approximate surface area is 97.7 Å². The van der Waals surface area contributed by atoms with Gasteiger partial charge in [0.15, 0.2) is 0 Å². The predicted molar refractivity (Wildman–Crippen MR) is 61.9 cm³/mol. The van der Waals surface area contributed by atoms with E-state index in [1.54, 1.807) is 0 Å². The first-order valence-corrected chi connectivity index (χ1v) is 5.24. The molecule has 86 valence electrons. The number of tetrazole rings is 1. The van der Waals surface area contributed by atoms with Crippen LogP contribution >= 0.6 is 0 Å². The first kappa shape index (κ1) is 11.1. The molecule has 0 saturated carbocycles. The highest BCUT2D eigenvalue weighted by Crippen LogP contribution is 2.11. The molecule has 17 heavy (non-hydrogen) atoms. The van der Waals surface area contributed by atoms with Gasteiger partial charge in [0.1, 0.15) is 0 Å². The average Bonchev–Trinajstić information content (AvgIpc) is 2.85. The van der Waals surface area contributed by atoms with Crippen LogP contribution < -0.4 is 0 Å². The second-order valence-electron chi connectivity index (χ2n) is 3.38. The lowest BCUT2D eigenvalue weighted by molar-refractivity contribution is 0.504. The van der Waals surface area contributed by atoms with Crippen molar-refractivity contribution < 1.29 is 0 Å². The molecule has 1 aromatic carbocycles. The van der Waals surface area contributed by atoms with Gasteiger partial charge in [0, 0.05) is 17.0 Å². The zero-order valence-electron chi connectivity index (χ0n) is 9.14. The van der Waals surface area contributed by atoms with Crippen molar-refractivity contribution in [3.05, 3.63) is 40.8 Å². The van der Waals surface area contributed by atoms with E-state index in [-0.39, 0.29) is 0 Å². The SMILES string of the molecule is [N-]=[N+]=NCCCn1nnc(-c2ccccc2)n1. The van der Waals surface area contributed by atoms with Gasteiger partial charge in [-0.2, -0.15) is 4.80 Å². The summed E-state index contributed by atoms with van der Waals surface area (Å²) in [5, 5.41) is 15.6. The van der Waals surface area contributed by atoms with Gasteiger partial charge in [-0.15, -0.1) is 10.2 Å². The van der Waals surface area contributed by atoms with E-state index in [1.807, 2.05) is 30.3 Å². The summed E-state index contributed by atoms with van der Waals surface area (Å²) in [5.74, 6) is 0.606. The Bertz CT molecular complexity index is 512. The molecule has 0 fully saturated rings. The van der Waals surface area contributed by atoms with Gasteiger partial charge in [-0.05, 0) is 17.2 Å². The number of hydrogen-bond acceptors (Lipinski definition) is 4. The summed E-state index contributed by atoms with van der Waals surface area (Å²) >= 11 is 0. The van der Waals surface area contributed by atoms with E-state index in [1.165, 1.54) is 4.80 Å². The fourth-order valence-corrected chi connectivity index (χ4v) is 1.37. The molecule has 0 amide bonds. The first-order chi connectivity index (χ1) is 8.40. The van der Waals surface area contributed by atoms with Crippen LogP contribution in [0, 0.1) is 0 Å². The van der Waals surface area contributed by atoms with Crippen LogP contribution in [0.15, 0.2) is 35.4 Å². The van der Waals surface area contributed by atoms with Crippen LogP contribution in [-0.2, 0) is 6.54 Å². The fourth-order valence-electron chi connectivity index (χ4n) is 1.37. The van der Waals surface area contributed by atoms with E-state index >= 15 is 0 Å². The molecule has 0 N–H and O–H groups in total. The van der Waals surface area contributed by atoms with E-state index < -0.39 is 0 Å². The van der Waals surface area contributed by atoms with Crippen molar-refractivity contribution in [1.29, 1.82) is 0 Å². The van der Waals surface area contributed by atoms with Crippen LogP contribution in [-0.4, -0.2) is 26.8 Å². The molecule has 2 rings (SSSR count). The number of aromatic nitrogens is 4. The van der Waals surface area contributed by atoms with Crippen molar-refractivity contribution >= 4 is 0 Å². The molecule has 0 spiro atoms. The van der Waals surface area contributed by atoms with E-state index in [2.05, 4.69) is 25.4 Å². The van der Waals surface area contributed by atoms with Gasteiger partial charge in [0.05, 0.1) is 6.54 Å². The number of nitrogens with zero attached hydrogens (tertiary/aromatic N) is 7. The third-order valence-electron chi connectivity index (χ3n) is 2.16. The van der Waals surface area contributed by atoms with Gasteiger partial charge in [-0.3, -0.25) is 0 Å². The maximum atomic E-state index is 8.12. The van der Waals surface area contributed by atoms with Crippen molar-refractivity contribution in [3.63, 3.8) is 0 Å². The van der Waals surface area contributed by atoms with Crippen molar-refractivity contribution in [3.8, 4) is 11.4 Å². The minimum Gasteiger partial charge on any atom is -0.164 e. The molecular formula is C10H11N7. The van der Waals surface area contributed by atoms with Crippen LogP contribution in [0.4, 0.5) is 0 Å². The molecular weight excluding hydrogens is 218 g/mol. The maximum Gasteiger partial charge on any atom is 0.204 e. The van der Waals surface area contributed by atoms with E-state index in [0.29, 0.717) is 25.3 Å². The molecule has 0 radical (unpaired) electrons. The molecule has 1 aromatic heterocycles. The fraction of sp³-hybridized carbons (Fsp3) is 0.300. The van der Waals surface area contributed by atoms with E-state index in [0.717, 1.165) is 5.56 Å². The van der Waals surface area contributed by atoms with E-state index in [4.69, 9.17) is 5.53 Å². The summed E-state index contributed by atoms with van der Waals surface area (Å²) in [4.78, 5) is 4.19. The minimum atomic E-state index is 0.443. The zero-order chi connectivity index (χ0) is 11.9. The molecule has 0 bridgehead atoms. The summed E-state index contributed by atoms with van der Waals surface area (Å²) < 4.78 is 0. The summed E-state index contributed by atoms with van der Waals surface area (Å²) in [6, 6.07) is 9.66. The van der Waals surface area contributed by atoms with Gasteiger partial charge in [0.25, 0.3) is 0 Å². The van der Waals surface area contributed by atoms with Crippen molar-refractivity contribution in [2.24, 2.45) is 5.11 Å². The number of benzene rings is 1. The number of rotatable bonds is 5. The molecule has 2 aromatic rings. The highest BCUT2D eigenvalue weighted by atomic mass is 15.6. The second kappa shape index (κ2) is 5.62. The Morgan fingerprint density at radius 2 is 2.12 bits per heavy atom. The Balaban J connectivity index is 1.99. The van der Waals surface area contributed by atoms with Gasteiger partial charge in [-0.25, -0.2) is 0 Å². The molecule has 0 aliphatic heterocycles. The lowest BCUT2D eigenvalue weighted by Gasteiger charge is -1.94. The highest BCUT2D eigenvalue weighted by molar-refractivity contribution is 5.52. The van der Waals surface area contributed by atoms with Crippen molar-refractivity contribution in [1.82, 2.24) is 20.2 Å². The van der Waals surface area contributed by atoms with Crippen molar-refractivity contribution in [2.75, 3.05) is 6.54 Å². The van der Waals surface area contributed by atoms with Crippen LogP contribution in [0.5, 0.6) is 0 Å². The topological polar surface area (TPSA) is 92.4 Å². The lowest BCUT2D eigenvalue weighted by atomic mass is 10.2. The van der Waals surface area contributed by atoms with Crippen LogP contribution in [0.2, 0.25) is 0 Å². The monoisotopic (exact) mass is 229 g/mol. The summed E-state index contributed by atoms with van der Waals surface area (Å²) in [5.41, 5.74) is 9.06. The third-order valence-corrected chi connectivity index (χ3v) is 2.16. The van der Waals surface area contributed by atoms with Gasteiger partial charge in [0.2, 0.25) is 5.82 Å². The molecule has 0 aliphatic carbocycles. The zero-order valence-corrected chi connectivity index (χ0v) is 9.14. The molecule has 0 atom stereocenters. The largest absolute Gasteiger partial charge is 0.204 e. The Hall–Kier alpha value is -2.40. The smallest absolute Gasteiger partial charge is 0.164 e. The molecule has 0 aliphatic rings. The average molecular weight is 229 g/mol. The van der Waals surface area contributed by atoms with Gasteiger partial charge < -0.3 is 0 Å². The van der Waals surface area contributed by atoms with Crippen LogP contribution in [0.3, 0.4) is 0 Å². The highest BCUT2D eigenvalue weighted by Gasteiger charge is 2.04. The van der Waals surface area contributed by atoms with Crippen LogP contribution in [0.1, 0.15) is 6.42 Å². The summed E-state index contributed by atoms with van der Waals surface area (Å²) in [6.45, 7) is 1.04. The minimum absolute atomic E-state index is 0.443. The van der Waals surface area contributed by atoms with Crippen molar-refractivity contribution in [2.45, 2.75) is 13.0 Å². The predicted octanol–water partition coefficient (Wildman–Crippen LogP) is 2.04. The normalized spacial score (nSPS) is 9.88. The molecule has 1 heterocycles. The standard InChI is InChI=1S/C10H11N7/c11-15-12-7-4-8-17-14-10(13-16-17)9-5-2-1-3-6-9/h1-3,5-6H,4,7-8H2. The number of hydrogen-bond donors (Lipinski definition) is 0. The summed E-state index contributed by atoms with van der Waals surface area (Å²) in [6.07, 6.45) is 0.703. The van der Waals surface area contributed by atoms with Gasteiger partial charge in [-0.1, -0.05) is 35.4 Å².